The molecule has 35 heavy (non-hydrogen) atoms. The lowest BCUT2D eigenvalue weighted by Crippen LogP contribution is -2.39. The van der Waals surface area contributed by atoms with Gasteiger partial charge in [0.1, 0.15) is 23.0 Å². The van der Waals surface area contributed by atoms with Crippen LogP contribution in [0, 0.1) is 0 Å². The van der Waals surface area contributed by atoms with Crippen LogP contribution in [0.4, 0.5) is 0 Å². The summed E-state index contributed by atoms with van der Waals surface area (Å²) in [7, 11) is 2.97. The molecule has 1 unspecified atom stereocenters. The van der Waals surface area contributed by atoms with Crippen LogP contribution >= 0.6 is 0 Å². The van der Waals surface area contributed by atoms with E-state index in [2.05, 4.69) is 4.90 Å². The van der Waals surface area contributed by atoms with E-state index in [-0.39, 0.29) is 16.9 Å². The van der Waals surface area contributed by atoms with Gasteiger partial charge in [-0.05, 0) is 24.6 Å². The number of carbonyl (C=O) groups is 2. The average molecular weight is 483 g/mol. The summed E-state index contributed by atoms with van der Waals surface area (Å²) in [6.07, 6.45) is 0.645. The lowest BCUT2D eigenvalue weighted by atomic mass is 9.94. The highest BCUT2D eigenvalue weighted by molar-refractivity contribution is 6.46. The predicted molar refractivity (Wildman–Crippen MR) is 129 cm³/mol. The zero-order valence-electron chi connectivity index (χ0n) is 19.9. The van der Waals surface area contributed by atoms with E-state index in [0.29, 0.717) is 43.2 Å². The molecule has 4 rings (SSSR count). The van der Waals surface area contributed by atoms with Gasteiger partial charge >= 0.3 is 0 Å². The quantitative estimate of drug-likeness (QED) is 0.336. The first kappa shape index (κ1) is 24.6. The average Bonchev–Trinajstić information content (AvgIpc) is 3.13. The molecule has 2 heterocycles. The summed E-state index contributed by atoms with van der Waals surface area (Å²) in [5.41, 5.74) is 0.526. The molecule has 0 aromatic heterocycles. The number of aromatic hydroxyl groups is 1. The fourth-order valence-electron chi connectivity index (χ4n) is 4.60. The second-order valence-corrected chi connectivity index (χ2v) is 8.43. The van der Waals surface area contributed by atoms with Crippen molar-refractivity contribution in [2.45, 2.75) is 12.5 Å². The van der Waals surface area contributed by atoms with Gasteiger partial charge in [-0.3, -0.25) is 14.5 Å². The number of hydrogen-bond donors (Lipinski definition) is 2. The van der Waals surface area contributed by atoms with Crippen LogP contribution in [0.2, 0.25) is 0 Å². The van der Waals surface area contributed by atoms with Crippen LogP contribution in [0.5, 0.6) is 17.2 Å². The van der Waals surface area contributed by atoms with Crippen molar-refractivity contribution in [1.82, 2.24) is 9.80 Å². The fraction of sp³-hybridized carbons (Fsp3) is 0.385. The predicted octanol–water partition coefficient (Wildman–Crippen LogP) is 2.55. The summed E-state index contributed by atoms with van der Waals surface area (Å²) < 4.78 is 16.0. The number of hydrogen-bond acceptors (Lipinski definition) is 8. The van der Waals surface area contributed by atoms with Gasteiger partial charge in [-0.15, -0.1) is 0 Å². The standard InChI is InChI=1S/C26H30N2O7/c1-33-17-8-9-18(20(29)16-17)24(30)22-23(19-6-3-4-7-21(19)34-2)28(26(32)25(22)31)11-5-10-27-12-14-35-15-13-27/h3-4,6-9,16,23,29-30H,5,10-15H2,1-2H3. The van der Waals surface area contributed by atoms with Crippen LogP contribution in [0.3, 0.4) is 0 Å². The summed E-state index contributed by atoms with van der Waals surface area (Å²) in [5.74, 6) is -1.34. The number of aliphatic hydroxyl groups excluding tert-OH is 1. The Morgan fingerprint density at radius 2 is 1.80 bits per heavy atom. The highest BCUT2D eigenvalue weighted by Crippen LogP contribution is 2.43. The van der Waals surface area contributed by atoms with Gasteiger partial charge in [-0.25, -0.2) is 0 Å². The Morgan fingerprint density at radius 3 is 2.49 bits per heavy atom. The van der Waals surface area contributed by atoms with Crippen LogP contribution < -0.4 is 9.47 Å². The zero-order valence-corrected chi connectivity index (χ0v) is 19.9. The number of Topliss-reactive ketones (excluding diaryl/α,β-unsaturated/α-hetero) is 1. The summed E-state index contributed by atoms with van der Waals surface area (Å²) in [5, 5.41) is 21.7. The molecule has 0 radical (unpaired) electrons. The zero-order chi connectivity index (χ0) is 24.9. The van der Waals surface area contributed by atoms with Crippen LogP contribution in [-0.4, -0.2) is 85.3 Å². The van der Waals surface area contributed by atoms with Crippen molar-refractivity contribution >= 4 is 17.4 Å². The molecule has 2 aliphatic heterocycles. The molecule has 2 N–H and O–H groups in total. The molecule has 2 aromatic rings. The largest absolute Gasteiger partial charge is 0.507 e. The molecule has 2 fully saturated rings. The molecule has 1 amide bonds. The monoisotopic (exact) mass is 482 g/mol. The molecule has 2 saturated heterocycles. The van der Waals surface area contributed by atoms with Crippen molar-refractivity contribution in [2.75, 3.05) is 53.6 Å². The number of ether oxygens (including phenoxy) is 3. The van der Waals surface area contributed by atoms with Gasteiger partial charge in [-0.2, -0.15) is 0 Å². The van der Waals surface area contributed by atoms with Crippen molar-refractivity contribution < 1.29 is 34.0 Å². The minimum Gasteiger partial charge on any atom is -0.507 e. The Kier molecular flexibility index (Phi) is 7.57. The number of aliphatic hydroxyl groups is 1. The first-order chi connectivity index (χ1) is 17.0. The minimum absolute atomic E-state index is 0.0389. The number of phenolic OH excluding ortho intramolecular Hbond substituents is 1. The second-order valence-electron chi connectivity index (χ2n) is 8.43. The normalized spacial score (nSPS) is 20.3. The Bertz CT molecular complexity index is 1120. The molecular formula is C26H30N2O7. The molecule has 186 valence electrons. The minimum atomic E-state index is -0.864. The number of benzene rings is 2. The molecule has 0 aliphatic carbocycles. The molecule has 2 aliphatic rings. The molecule has 9 nitrogen and oxygen atoms in total. The van der Waals surface area contributed by atoms with Gasteiger partial charge in [0, 0.05) is 37.8 Å². The van der Waals surface area contributed by atoms with E-state index < -0.39 is 23.5 Å². The SMILES string of the molecule is COc1ccc(C(O)=C2C(=O)C(=O)N(CCCN3CCOCC3)C2c2ccccc2OC)c(O)c1. The molecule has 2 aromatic carbocycles. The van der Waals surface area contributed by atoms with Crippen molar-refractivity contribution in [1.29, 1.82) is 0 Å². The Labute approximate surface area is 204 Å². The summed E-state index contributed by atoms with van der Waals surface area (Å²) >= 11 is 0. The third-order valence-electron chi connectivity index (χ3n) is 6.41. The van der Waals surface area contributed by atoms with E-state index in [1.807, 2.05) is 0 Å². The van der Waals surface area contributed by atoms with Gasteiger partial charge in [0.2, 0.25) is 0 Å². The van der Waals surface area contributed by atoms with Crippen molar-refractivity contribution in [2.24, 2.45) is 0 Å². The van der Waals surface area contributed by atoms with Crippen molar-refractivity contribution in [3.05, 3.63) is 59.2 Å². The van der Waals surface area contributed by atoms with Gasteiger partial charge in [0.05, 0.1) is 44.6 Å². The highest BCUT2D eigenvalue weighted by Gasteiger charge is 2.47. The molecule has 0 spiro atoms. The Balaban J connectivity index is 1.73. The van der Waals surface area contributed by atoms with Crippen LogP contribution in [0.25, 0.3) is 5.76 Å². The first-order valence-electron chi connectivity index (χ1n) is 11.5. The number of para-hydroxylation sites is 1. The Morgan fingerprint density at radius 1 is 1.06 bits per heavy atom. The van der Waals surface area contributed by atoms with E-state index in [4.69, 9.17) is 14.2 Å². The number of carbonyl (C=O) groups excluding carboxylic acids is 2. The van der Waals surface area contributed by atoms with Crippen LogP contribution in [-0.2, 0) is 14.3 Å². The molecule has 0 saturated carbocycles. The van der Waals surface area contributed by atoms with E-state index >= 15 is 0 Å². The number of rotatable bonds is 8. The van der Waals surface area contributed by atoms with Crippen LogP contribution in [0.1, 0.15) is 23.6 Å². The van der Waals surface area contributed by atoms with Gasteiger partial charge in [0.25, 0.3) is 11.7 Å². The molecule has 0 bridgehead atoms. The van der Waals surface area contributed by atoms with E-state index in [1.54, 1.807) is 30.3 Å². The summed E-state index contributed by atoms with van der Waals surface area (Å²) in [4.78, 5) is 30.1. The number of likely N-dealkylation sites (tertiary alicyclic amines) is 1. The summed E-state index contributed by atoms with van der Waals surface area (Å²) in [6.45, 7) is 4.07. The second kappa shape index (κ2) is 10.8. The number of phenols is 1. The third-order valence-corrected chi connectivity index (χ3v) is 6.41. The number of ketones is 1. The highest BCUT2D eigenvalue weighted by atomic mass is 16.5. The van der Waals surface area contributed by atoms with E-state index in [9.17, 15) is 19.8 Å². The topological polar surface area (TPSA) is 109 Å². The van der Waals surface area contributed by atoms with E-state index in [0.717, 1.165) is 19.6 Å². The maximum Gasteiger partial charge on any atom is 0.295 e. The number of methoxy groups -OCH3 is 2. The number of nitrogens with zero attached hydrogens (tertiary/aromatic N) is 2. The van der Waals surface area contributed by atoms with Gasteiger partial charge in [-0.1, -0.05) is 18.2 Å². The fourth-order valence-corrected chi connectivity index (χ4v) is 4.60. The maximum atomic E-state index is 13.2. The van der Waals surface area contributed by atoms with Crippen LogP contribution in [0.15, 0.2) is 48.0 Å². The first-order valence-corrected chi connectivity index (χ1v) is 11.5. The van der Waals surface area contributed by atoms with E-state index in [1.165, 1.54) is 31.3 Å². The summed E-state index contributed by atoms with van der Waals surface area (Å²) in [6, 6.07) is 10.6. The third kappa shape index (κ3) is 4.96. The van der Waals surface area contributed by atoms with Crippen molar-refractivity contribution in [3.63, 3.8) is 0 Å². The molecule has 9 heteroatoms. The molecule has 1 atom stereocenters. The number of morpholine rings is 1. The Hall–Kier alpha value is -3.56. The lowest BCUT2D eigenvalue weighted by Gasteiger charge is -2.29. The van der Waals surface area contributed by atoms with Crippen molar-refractivity contribution in [3.8, 4) is 17.2 Å². The van der Waals surface area contributed by atoms with Gasteiger partial charge < -0.3 is 29.3 Å². The number of amides is 1. The lowest BCUT2D eigenvalue weighted by molar-refractivity contribution is -0.140. The maximum absolute atomic E-state index is 13.2. The molecular weight excluding hydrogens is 452 g/mol. The van der Waals surface area contributed by atoms with Gasteiger partial charge in [0.15, 0.2) is 0 Å². The smallest absolute Gasteiger partial charge is 0.295 e.